The van der Waals surface area contributed by atoms with Gasteiger partial charge in [0.1, 0.15) is 5.82 Å². The van der Waals surface area contributed by atoms with Crippen LogP contribution in [0.5, 0.6) is 0 Å². The maximum Gasteiger partial charge on any atom is 0.272 e. The van der Waals surface area contributed by atoms with Gasteiger partial charge in [0.2, 0.25) is 0 Å². The fourth-order valence-corrected chi connectivity index (χ4v) is 2.54. The molecule has 1 heterocycles. The molecule has 0 saturated carbocycles. The molecule has 1 saturated heterocycles. The second-order valence-electron chi connectivity index (χ2n) is 5.07. The number of nitrogens with two attached hydrogens (primary N) is 1. The minimum absolute atomic E-state index is 0.00866. The number of halogens is 1. The average Bonchev–Trinajstić information content (AvgIpc) is 2.79. The van der Waals surface area contributed by atoms with E-state index in [4.69, 9.17) is 5.73 Å². The van der Waals surface area contributed by atoms with E-state index in [1.54, 1.807) is 4.90 Å². The van der Waals surface area contributed by atoms with Crippen molar-refractivity contribution in [2.75, 3.05) is 13.1 Å². The molecule has 6 nitrogen and oxygen atoms in total. The molecule has 1 aliphatic rings. The molecule has 2 unspecified atom stereocenters. The summed E-state index contributed by atoms with van der Waals surface area (Å²) in [7, 11) is 0. The molecule has 1 amide bonds. The van der Waals surface area contributed by atoms with Gasteiger partial charge in [-0.3, -0.25) is 14.9 Å². The number of rotatable bonds is 3. The number of carbonyl (C=O) groups is 1. The Morgan fingerprint density at radius 1 is 1.60 bits per heavy atom. The van der Waals surface area contributed by atoms with Gasteiger partial charge in [0.05, 0.1) is 16.6 Å². The van der Waals surface area contributed by atoms with Crippen LogP contribution in [0.3, 0.4) is 0 Å². The molecule has 2 N–H and O–H groups in total. The Kier molecular flexibility index (Phi) is 3.99. The summed E-state index contributed by atoms with van der Waals surface area (Å²) in [6.45, 7) is 2.86. The summed E-state index contributed by atoms with van der Waals surface area (Å²) in [5.41, 5.74) is 5.09. The van der Waals surface area contributed by atoms with E-state index in [-0.39, 0.29) is 23.2 Å². The van der Waals surface area contributed by atoms with Crippen LogP contribution in [0.1, 0.15) is 23.7 Å². The minimum Gasteiger partial charge on any atom is -0.336 e. The fraction of sp³-hybridized carbons (Fsp3) is 0.462. The molecular formula is C13H16FN3O3. The number of hydrogen-bond donors (Lipinski definition) is 1. The highest BCUT2D eigenvalue weighted by atomic mass is 19.1. The van der Waals surface area contributed by atoms with Crippen LogP contribution in [0.25, 0.3) is 0 Å². The van der Waals surface area contributed by atoms with Crippen molar-refractivity contribution in [1.82, 2.24) is 4.90 Å². The summed E-state index contributed by atoms with van der Waals surface area (Å²) in [6.07, 6.45) is 0.789. The summed E-state index contributed by atoms with van der Waals surface area (Å²) in [6, 6.07) is 3.06. The Bertz CT molecular complexity index is 550. The highest BCUT2D eigenvalue weighted by molar-refractivity contribution is 5.95. The number of carbonyl (C=O) groups excluding carboxylic acids is 1. The zero-order valence-corrected chi connectivity index (χ0v) is 11.1. The molecule has 1 aromatic rings. The molecule has 0 spiro atoms. The molecule has 1 fully saturated rings. The quantitative estimate of drug-likeness (QED) is 0.672. The summed E-state index contributed by atoms with van der Waals surface area (Å²) in [5, 5.41) is 10.6. The monoisotopic (exact) mass is 281 g/mol. The lowest BCUT2D eigenvalue weighted by Gasteiger charge is -2.21. The predicted octanol–water partition coefficient (Wildman–Crippen LogP) is 1.54. The molecule has 0 bridgehead atoms. The van der Waals surface area contributed by atoms with Gasteiger partial charge in [0.25, 0.3) is 11.6 Å². The third-order valence-electron chi connectivity index (χ3n) is 3.65. The van der Waals surface area contributed by atoms with E-state index in [2.05, 4.69) is 0 Å². The number of nitrogens with zero attached hydrogens (tertiary/aromatic N) is 2. The standard InChI is InChI=1S/C13H16FN3O3/c1-8-4-9(6-15)7-16(8)13(18)11-3-2-10(17(19)20)5-12(11)14/h2-3,5,8-9H,4,6-7,15H2,1H3. The zero-order valence-electron chi connectivity index (χ0n) is 11.1. The van der Waals surface area contributed by atoms with Crippen LogP contribution in [0.4, 0.5) is 10.1 Å². The van der Waals surface area contributed by atoms with Crippen molar-refractivity contribution in [3.8, 4) is 0 Å². The number of hydrogen-bond acceptors (Lipinski definition) is 4. The smallest absolute Gasteiger partial charge is 0.272 e. The van der Waals surface area contributed by atoms with Crippen molar-refractivity contribution >= 4 is 11.6 Å². The van der Waals surface area contributed by atoms with E-state index in [0.29, 0.717) is 13.1 Å². The Morgan fingerprint density at radius 2 is 2.30 bits per heavy atom. The predicted molar refractivity (Wildman–Crippen MR) is 70.7 cm³/mol. The van der Waals surface area contributed by atoms with Crippen LogP contribution in [0.2, 0.25) is 0 Å². The molecule has 0 radical (unpaired) electrons. The Balaban J connectivity index is 2.23. The third kappa shape index (κ3) is 2.62. The topological polar surface area (TPSA) is 89.5 Å². The van der Waals surface area contributed by atoms with Crippen LogP contribution in [0.15, 0.2) is 18.2 Å². The van der Waals surface area contributed by atoms with Gasteiger partial charge in [0, 0.05) is 18.7 Å². The first-order valence-corrected chi connectivity index (χ1v) is 6.39. The number of benzene rings is 1. The number of nitro groups is 1. The summed E-state index contributed by atoms with van der Waals surface area (Å²) in [4.78, 5) is 23.7. The van der Waals surface area contributed by atoms with Gasteiger partial charge in [-0.05, 0) is 31.9 Å². The van der Waals surface area contributed by atoms with Crippen LogP contribution in [-0.4, -0.2) is 34.9 Å². The maximum atomic E-state index is 13.8. The van der Waals surface area contributed by atoms with Gasteiger partial charge in [0.15, 0.2) is 0 Å². The number of nitro benzene ring substituents is 1. The first-order valence-electron chi connectivity index (χ1n) is 6.39. The lowest BCUT2D eigenvalue weighted by Crippen LogP contribution is -2.35. The van der Waals surface area contributed by atoms with Gasteiger partial charge in [-0.25, -0.2) is 4.39 Å². The molecule has 2 atom stereocenters. The molecular weight excluding hydrogens is 265 g/mol. The fourth-order valence-electron chi connectivity index (χ4n) is 2.54. The molecule has 7 heteroatoms. The second-order valence-corrected chi connectivity index (χ2v) is 5.07. The molecule has 1 aromatic carbocycles. The summed E-state index contributed by atoms with van der Waals surface area (Å²) in [5.74, 6) is -1.09. The number of likely N-dealkylation sites (tertiary alicyclic amines) is 1. The largest absolute Gasteiger partial charge is 0.336 e. The molecule has 2 rings (SSSR count). The first-order chi connectivity index (χ1) is 9.43. The lowest BCUT2D eigenvalue weighted by molar-refractivity contribution is -0.385. The van der Waals surface area contributed by atoms with Gasteiger partial charge >= 0.3 is 0 Å². The molecule has 108 valence electrons. The highest BCUT2D eigenvalue weighted by Crippen LogP contribution is 2.26. The van der Waals surface area contributed by atoms with E-state index in [1.807, 2.05) is 6.92 Å². The van der Waals surface area contributed by atoms with Crippen LogP contribution < -0.4 is 5.73 Å². The summed E-state index contributed by atoms with van der Waals surface area (Å²) < 4.78 is 13.8. The van der Waals surface area contributed by atoms with Crippen molar-refractivity contribution < 1.29 is 14.1 Å². The lowest BCUT2D eigenvalue weighted by atomic mass is 10.1. The van der Waals surface area contributed by atoms with Gasteiger partial charge in [-0.2, -0.15) is 0 Å². The molecule has 0 aliphatic carbocycles. The van der Waals surface area contributed by atoms with Crippen LogP contribution in [0, 0.1) is 21.8 Å². The number of non-ortho nitro benzene ring substituents is 1. The Morgan fingerprint density at radius 3 is 2.80 bits per heavy atom. The average molecular weight is 281 g/mol. The van der Waals surface area contributed by atoms with E-state index >= 15 is 0 Å². The van der Waals surface area contributed by atoms with Crippen molar-refractivity contribution in [3.63, 3.8) is 0 Å². The minimum atomic E-state index is -0.868. The van der Waals surface area contributed by atoms with Crippen molar-refractivity contribution in [2.24, 2.45) is 11.7 Å². The molecule has 20 heavy (non-hydrogen) atoms. The van der Waals surface area contributed by atoms with Gasteiger partial charge in [-0.1, -0.05) is 0 Å². The van der Waals surface area contributed by atoms with Crippen LogP contribution in [-0.2, 0) is 0 Å². The normalized spacial score (nSPS) is 22.1. The number of amides is 1. The van der Waals surface area contributed by atoms with E-state index < -0.39 is 16.6 Å². The third-order valence-corrected chi connectivity index (χ3v) is 3.65. The molecule has 1 aliphatic heterocycles. The van der Waals surface area contributed by atoms with Crippen LogP contribution >= 0.6 is 0 Å². The Labute approximate surface area is 115 Å². The van der Waals surface area contributed by atoms with Gasteiger partial charge in [-0.15, -0.1) is 0 Å². The van der Waals surface area contributed by atoms with Gasteiger partial charge < -0.3 is 10.6 Å². The van der Waals surface area contributed by atoms with Crippen molar-refractivity contribution in [3.05, 3.63) is 39.7 Å². The zero-order chi connectivity index (χ0) is 14.9. The van der Waals surface area contributed by atoms with E-state index in [0.717, 1.165) is 24.6 Å². The second kappa shape index (κ2) is 5.54. The maximum absolute atomic E-state index is 13.8. The van der Waals surface area contributed by atoms with E-state index in [9.17, 15) is 19.3 Å². The first kappa shape index (κ1) is 14.4. The van der Waals surface area contributed by atoms with Crippen molar-refractivity contribution in [2.45, 2.75) is 19.4 Å². The highest BCUT2D eigenvalue weighted by Gasteiger charge is 2.33. The summed E-state index contributed by atoms with van der Waals surface area (Å²) >= 11 is 0. The Hall–Kier alpha value is -2.02. The van der Waals surface area contributed by atoms with E-state index in [1.165, 1.54) is 0 Å². The SMILES string of the molecule is CC1CC(CN)CN1C(=O)c1ccc([N+](=O)[O-])cc1F. The van der Waals surface area contributed by atoms with Crippen molar-refractivity contribution in [1.29, 1.82) is 0 Å². The molecule has 0 aromatic heterocycles.